The number of benzene rings is 1. The normalized spacial score (nSPS) is 12.5. The molecule has 3 aromatic rings. The second-order valence-corrected chi connectivity index (χ2v) is 7.52. The molecule has 5 nitrogen and oxygen atoms in total. The van der Waals surface area contributed by atoms with Gasteiger partial charge in [0.2, 0.25) is 5.91 Å². The van der Waals surface area contributed by atoms with Crippen LogP contribution in [-0.2, 0) is 11.8 Å². The number of rotatable bonds is 5. The zero-order chi connectivity index (χ0) is 16.4. The number of thioether (sulfide) groups is 1. The lowest BCUT2D eigenvalue weighted by atomic mass is 10.2. The average molecular weight is 346 g/mol. The monoisotopic (exact) mass is 346 g/mol. The predicted octanol–water partition coefficient (Wildman–Crippen LogP) is 3.85. The summed E-state index contributed by atoms with van der Waals surface area (Å²) in [5.41, 5.74) is 2.11. The van der Waals surface area contributed by atoms with E-state index in [0.29, 0.717) is 5.13 Å². The first-order valence-corrected chi connectivity index (χ1v) is 9.08. The third-order valence-electron chi connectivity index (χ3n) is 3.46. The predicted molar refractivity (Wildman–Crippen MR) is 96.1 cm³/mol. The van der Waals surface area contributed by atoms with Gasteiger partial charge in [0.05, 0.1) is 15.5 Å². The van der Waals surface area contributed by atoms with Gasteiger partial charge in [-0.15, -0.1) is 0 Å². The SMILES string of the molecule is CCC(Sc1nccn1C)C(=O)Nc1nc2ccc(C)cc2s1. The number of hydrogen-bond donors (Lipinski definition) is 1. The van der Waals surface area contributed by atoms with Crippen LogP contribution < -0.4 is 5.32 Å². The Bertz CT molecular complexity index is 840. The molecular weight excluding hydrogens is 328 g/mol. The molecule has 0 spiro atoms. The molecule has 1 amide bonds. The van der Waals surface area contributed by atoms with Crippen molar-refractivity contribution in [3.05, 3.63) is 36.2 Å². The maximum atomic E-state index is 12.5. The fourth-order valence-electron chi connectivity index (χ4n) is 2.19. The third-order valence-corrected chi connectivity index (χ3v) is 5.83. The summed E-state index contributed by atoms with van der Waals surface area (Å²) in [6.07, 6.45) is 4.35. The summed E-state index contributed by atoms with van der Waals surface area (Å²) >= 11 is 2.98. The molecule has 1 atom stereocenters. The van der Waals surface area contributed by atoms with Crippen LogP contribution in [0.15, 0.2) is 35.7 Å². The molecule has 3 rings (SSSR count). The van der Waals surface area contributed by atoms with Crippen LogP contribution in [0.5, 0.6) is 0 Å². The zero-order valence-electron chi connectivity index (χ0n) is 13.2. The van der Waals surface area contributed by atoms with Crippen molar-refractivity contribution in [3.8, 4) is 0 Å². The molecule has 1 unspecified atom stereocenters. The molecule has 0 saturated carbocycles. The summed E-state index contributed by atoms with van der Waals surface area (Å²) in [6, 6.07) is 6.10. The molecule has 2 heterocycles. The molecule has 7 heteroatoms. The number of anilines is 1. The van der Waals surface area contributed by atoms with Gasteiger partial charge >= 0.3 is 0 Å². The summed E-state index contributed by atoms with van der Waals surface area (Å²) < 4.78 is 3.01. The van der Waals surface area contributed by atoms with Crippen molar-refractivity contribution in [2.45, 2.75) is 30.7 Å². The Morgan fingerprint density at radius 1 is 1.48 bits per heavy atom. The van der Waals surface area contributed by atoms with Gasteiger partial charge in [-0.1, -0.05) is 36.1 Å². The van der Waals surface area contributed by atoms with Gasteiger partial charge in [-0.2, -0.15) is 0 Å². The minimum absolute atomic E-state index is 0.0312. The fourth-order valence-corrected chi connectivity index (χ4v) is 4.09. The number of thiazole rings is 1. The van der Waals surface area contributed by atoms with E-state index in [9.17, 15) is 4.79 Å². The first-order valence-electron chi connectivity index (χ1n) is 7.39. The Hall–Kier alpha value is -1.86. The van der Waals surface area contributed by atoms with Gasteiger partial charge in [0, 0.05) is 19.4 Å². The lowest BCUT2D eigenvalue weighted by Gasteiger charge is -2.12. The van der Waals surface area contributed by atoms with E-state index in [-0.39, 0.29) is 11.2 Å². The smallest absolute Gasteiger partial charge is 0.239 e. The Balaban J connectivity index is 1.74. The maximum Gasteiger partial charge on any atom is 0.239 e. The number of aromatic nitrogens is 3. The topological polar surface area (TPSA) is 59.8 Å². The molecular formula is C16H18N4OS2. The Labute approximate surface area is 143 Å². The Kier molecular flexibility index (Phi) is 4.68. The van der Waals surface area contributed by atoms with Crippen LogP contribution in [0.4, 0.5) is 5.13 Å². The van der Waals surface area contributed by atoms with Gasteiger partial charge in [0.15, 0.2) is 10.3 Å². The van der Waals surface area contributed by atoms with Crippen LogP contribution in [0.1, 0.15) is 18.9 Å². The van der Waals surface area contributed by atoms with E-state index >= 15 is 0 Å². The van der Waals surface area contributed by atoms with Crippen LogP contribution in [0.3, 0.4) is 0 Å². The summed E-state index contributed by atoms with van der Waals surface area (Å²) in [5.74, 6) is -0.0312. The van der Waals surface area contributed by atoms with Gasteiger partial charge < -0.3 is 9.88 Å². The number of fused-ring (bicyclic) bond motifs is 1. The first-order chi connectivity index (χ1) is 11.1. The summed E-state index contributed by atoms with van der Waals surface area (Å²) in [5, 5.41) is 4.24. The summed E-state index contributed by atoms with van der Waals surface area (Å²) in [7, 11) is 1.93. The number of amides is 1. The second kappa shape index (κ2) is 6.72. The Morgan fingerprint density at radius 2 is 2.30 bits per heavy atom. The minimum atomic E-state index is -0.190. The highest BCUT2D eigenvalue weighted by Gasteiger charge is 2.21. The van der Waals surface area contributed by atoms with Crippen molar-refractivity contribution in [1.29, 1.82) is 0 Å². The maximum absolute atomic E-state index is 12.5. The molecule has 23 heavy (non-hydrogen) atoms. The van der Waals surface area contributed by atoms with Gasteiger partial charge in [-0.25, -0.2) is 9.97 Å². The van der Waals surface area contributed by atoms with Gasteiger partial charge in [0.25, 0.3) is 0 Å². The highest BCUT2D eigenvalue weighted by molar-refractivity contribution is 8.00. The van der Waals surface area contributed by atoms with E-state index < -0.39 is 0 Å². The minimum Gasteiger partial charge on any atom is -0.329 e. The number of carbonyl (C=O) groups is 1. The molecule has 0 fully saturated rings. The van der Waals surface area contributed by atoms with Crippen molar-refractivity contribution in [2.75, 3.05) is 5.32 Å². The van der Waals surface area contributed by atoms with Crippen LogP contribution in [0.2, 0.25) is 0 Å². The van der Waals surface area contributed by atoms with Gasteiger partial charge in [0.1, 0.15) is 0 Å². The van der Waals surface area contributed by atoms with Crippen molar-refractivity contribution in [3.63, 3.8) is 0 Å². The molecule has 0 aliphatic carbocycles. The van der Waals surface area contributed by atoms with Crippen molar-refractivity contribution in [1.82, 2.24) is 14.5 Å². The van der Waals surface area contributed by atoms with E-state index in [4.69, 9.17) is 0 Å². The molecule has 0 radical (unpaired) electrons. The van der Waals surface area contributed by atoms with Crippen LogP contribution in [0.25, 0.3) is 10.2 Å². The number of nitrogens with zero attached hydrogens (tertiary/aromatic N) is 3. The molecule has 0 aliphatic rings. The van der Waals surface area contributed by atoms with E-state index in [2.05, 4.69) is 21.4 Å². The molecule has 0 saturated heterocycles. The molecule has 0 bridgehead atoms. The average Bonchev–Trinajstić information content (AvgIpc) is 3.09. The first kappa shape index (κ1) is 16.0. The van der Waals surface area contributed by atoms with Crippen molar-refractivity contribution in [2.24, 2.45) is 7.05 Å². The second-order valence-electron chi connectivity index (χ2n) is 5.31. The van der Waals surface area contributed by atoms with Crippen molar-refractivity contribution < 1.29 is 4.79 Å². The highest BCUT2D eigenvalue weighted by atomic mass is 32.2. The number of aryl methyl sites for hydroxylation is 2. The number of hydrogen-bond acceptors (Lipinski definition) is 5. The number of imidazole rings is 1. The lowest BCUT2D eigenvalue weighted by molar-refractivity contribution is -0.115. The molecule has 1 N–H and O–H groups in total. The largest absolute Gasteiger partial charge is 0.329 e. The van der Waals surface area contributed by atoms with Gasteiger partial charge in [-0.05, 0) is 31.0 Å². The molecule has 2 aromatic heterocycles. The lowest BCUT2D eigenvalue weighted by Crippen LogP contribution is -2.24. The van der Waals surface area contributed by atoms with Crippen LogP contribution in [-0.4, -0.2) is 25.7 Å². The van der Waals surface area contributed by atoms with Gasteiger partial charge in [-0.3, -0.25) is 4.79 Å². The Morgan fingerprint density at radius 3 is 3.00 bits per heavy atom. The third kappa shape index (κ3) is 3.56. The van der Waals surface area contributed by atoms with Crippen LogP contribution >= 0.6 is 23.1 Å². The standard InChI is InChI=1S/C16H18N4OS2/c1-4-12(23-16-17-7-8-20(16)3)14(21)19-15-18-11-6-5-10(2)9-13(11)22-15/h5-9,12H,4H2,1-3H3,(H,18,19,21). The number of nitrogens with one attached hydrogen (secondary N) is 1. The fraction of sp³-hybridized carbons (Fsp3) is 0.312. The summed E-state index contributed by atoms with van der Waals surface area (Å²) in [6.45, 7) is 4.05. The van der Waals surface area contributed by atoms with E-state index in [1.54, 1.807) is 6.20 Å². The van der Waals surface area contributed by atoms with Crippen molar-refractivity contribution >= 4 is 44.4 Å². The number of carbonyl (C=O) groups excluding carboxylic acids is 1. The van der Waals surface area contributed by atoms with E-state index in [1.807, 2.05) is 43.8 Å². The quantitative estimate of drug-likeness (QED) is 0.713. The molecule has 1 aromatic carbocycles. The van der Waals surface area contributed by atoms with Crippen LogP contribution in [0, 0.1) is 6.92 Å². The highest BCUT2D eigenvalue weighted by Crippen LogP contribution is 2.29. The summed E-state index contributed by atoms with van der Waals surface area (Å²) in [4.78, 5) is 21.3. The zero-order valence-corrected chi connectivity index (χ0v) is 14.9. The van der Waals surface area contributed by atoms with E-state index in [1.165, 1.54) is 28.7 Å². The van der Waals surface area contributed by atoms with E-state index in [0.717, 1.165) is 21.8 Å². The molecule has 120 valence electrons. The molecule has 0 aliphatic heterocycles.